The van der Waals surface area contributed by atoms with Crippen LogP contribution in [0.4, 0.5) is 23.4 Å². The molecule has 1 aromatic heterocycles. The molecule has 0 unspecified atom stereocenters. The van der Waals surface area contributed by atoms with Crippen molar-refractivity contribution in [2.75, 3.05) is 19.0 Å². The normalized spacial score (nSPS) is 12.5. The van der Waals surface area contributed by atoms with Crippen LogP contribution in [-0.4, -0.2) is 52.9 Å². The number of nitrogens with two attached hydrogens (primary N) is 1. The van der Waals surface area contributed by atoms with Crippen molar-refractivity contribution in [1.29, 1.82) is 5.41 Å². The molecule has 1 rings (SSSR count). The van der Waals surface area contributed by atoms with Gasteiger partial charge in [-0.3, -0.25) is 5.41 Å². The van der Waals surface area contributed by atoms with Gasteiger partial charge in [0.2, 0.25) is 0 Å². The summed E-state index contributed by atoms with van der Waals surface area (Å²) >= 11 is 0. The Morgan fingerprint density at radius 3 is 2.83 bits per heavy atom. The lowest BCUT2D eigenvalue weighted by atomic mass is 10.2. The number of halogens is 4. The number of anilines is 1. The Bertz CT molecular complexity index is 561. The number of aliphatic imine (C=N–C) groups is 1. The van der Waals surface area contributed by atoms with Crippen LogP contribution in [0.5, 0.6) is 0 Å². The van der Waals surface area contributed by atoms with Crippen LogP contribution < -0.4 is 11.1 Å². The zero-order chi connectivity index (χ0) is 18.2. The van der Waals surface area contributed by atoms with Crippen LogP contribution in [0.2, 0.25) is 0 Å². The van der Waals surface area contributed by atoms with Crippen LogP contribution in [0.3, 0.4) is 0 Å². The second kappa shape index (κ2) is 9.03. The molecule has 0 fully saturated rings. The highest BCUT2D eigenvalue weighted by Crippen LogP contribution is 2.22. The molecule has 136 valence electrons. The van der Waals surface area contributed by atoms with Gasteiger partial charge in [0.1, 0.15) is 6.54 Å². The molecule has 12 heteroatoms. The molecule has 0 bridgehead atoms. The minimum absolute atomic E-state index is 0.154. The summed E-state index contributed by atoms with van der Waals surface area (Å²) in [4.78, 5) is 4.51. The molecule has 4 N–H and O–H groups in total. The predicted molar refractivity (Wildman–Crippen MR) is 79.7 cm³/mol. The first-order chi connectivity index (χ1) is 11.2. The molecular formula is C12H19F4N7O. The smallest absolute Gasteiger partial charge is 0.326 e. The zero-order valence-electron chi connectivity index (χ0n) is 13.0. The van der Waals surface area contributed by atoms with Gasteiger partial charge in [0.15, 0.2) is 17.7 Å². The highest BCUT2D eigenvalue weighted by Gasteiger charge is 2.40. The van der Waals surface area contributed by atoms with E-state index in [9.17, 15) is 17.6 Å². The molecule has 0 aliphatic carbocycles. The standard InChI is InChI=1S/C12H19F4N7O/c1-24-8(17)4-2-3-5-23-20-6-9(22-23)21-11(18)19-7-12(15,16)10(13)14/h6,10,17H,2-5,7H2,1H3,(H3,18,19,21,22). The number of unbranched alkanes of at least 4 members (excludes halogenated alkanes) is 1. The predicted octanol–water partition coefficient (Wildman–Crippen LogP) is 1.70. The minimum Gasteiger partial charge on any atom is -0.484 e. The number of hydrogen-bond donors (Lipinski definition) is 3. The summed E-state index contributed by atoms with van der Waals surface area (Å²) in [6, 6.07) is 0. The van der Waals surface area contributed by atoms with E-state index in [1.54, 1.807) is 0 Å². The number of rotatable bonds is 9. The van der Waals surface area contributed by atoms with Gasteiger partial charge in [-0.2, -0.15) is 18.7 Å². The Morgan fingerprint density at radius 2 is 2.21 bits per heavy atom. The summed E-state index contributed by atoms with van der Waals surface area (Å²) in [6.45, 7) is -0.956. The van der Waals surface area contributed by atoms with E-state index in [1.165, 1.54) is 18.1 Å². The maximum absolute atomic E-state index is 12.7. The van der Waals surface area contributed by atoms with Gasteiger partial charge in [-0.15, -0.1) is 5.10 Å². The van der Waals surface area contributed by atoms with Crippen LogP contribution >= 0.6 is 0 Å². The second-order valence-electron chi connectivity index (χ2n) is 4.80. The molecule has 8 nitrogen and oxygen atoms in total. The van der Waals surface area contributed by atoms with E-state index >= 15 is 0 Å². The molecule has 0 radical (unpaired) electrons. The lowest BCUT2D eigenvalue weighted by Crippen LogP contribution is -2.32. The number of methoxy groups -OCH3 is 1. The van der Waals surface area contributed by atoms with Gasteiger partial charge in [0.25, 0.3) is 0 Å². The molecule has 0 aliphatic heterocycles. The molecule has 0 saturated heterocycles. The van der Waals surface area contributed by atoms with E-state index < -0.39 is 24.9 Å². The van der Waals surface area contributed by atoms with Gasteiger partial charge in [0.05, 0.1) is 19.9 Å². The van der Waals surface area contributed by atoms with Crippen LogP contribution in [0, 0.1) is 5.41 Å². The average molecular weight is 353 g/mol. The van der Waals surface area contributed by atoms with E-state index in [4.69, 9.17) is 15.9 Å². The molecule has 0 aliphatic rings. The van der Waals surface area contributed by atoms with Crippen LogP contribution in [0.15, 0.2) is 11.2 Å². The lowest BCUT2D eigenvalue weighted by Gasteiger charge is -2.12. The molecule has 0 amide bonds. The Hall–Kier alpha value is -2.40. The van der Waals surface area contributed by atoms with Crippen molar-refractivity contribution in [3.8, 4) is 0 Å². The summed E-state index contributed by atoms with van der Waals surface area (Å²) < 4.78 is 54.1. The Balaban J connectivity index is 2.41. The maximum Gasteiger partial charge on any atom is 0.326 e. The number of ether oxygens (including phenoxy) is 1. The first kappa shape index (κ1) is 19.6. The molecule has 1 aromatic rings. The van der Waals surface area contributed by atoms with Crippen molar-refractivity contribution < 1.29 is 22.3 Å². The van der Waals surface area contributed by atoms with E-state index in [0.29, 0.717) is 25.8 Å². The van der Waals surface area contributed by atoms with Gasteiger partial charge < -0.3 is 15.8 Å². The average Bonchev–Trinajstić information content (AvgIpc) is 2.96. The number of aryl methyl sites for hydroxylation is 1. The number of alkyl halides is 4. The number of aromatic nitrogens is 3. The molecule has 0 spiro atoms. The number of nitrogens with one attached hydrogen (secondary N) is 2. The summed E-state index contributed by atoms with van der Waals surface area (Å²) in [6.07, 6.45) is -0.603. The summed E-state index contributed by atoms with van der Waals surface area (Å²) in [5.74, 6) is -4.35. The SMILES string of the molecule is COC(=N)CCCCn1ncc(N/C(N)=N\CC(F)(F)C(F)F)n1. The van der Waals surface area contributed by atoms with Gasteiger partial charge in [-0.25, -0.2) is 13.8 Å². The Kier molecular flexibility index (Phi) is 7.39. The van der Waals surface area contributed by atoms with Crippen molar-refractivity contribution >= 4 is 17.7 Å². The summed E-state index contributed by atoms with van der Waals surface area (Å²) in [7, 11) is 1.43. The molecule has 0 aromatic carbocycles. The second-order valence-corrected chi connectivity index (χ2v) is 4.80. The van der Waals surface area contributed by atoms with Crippen LogP contribution in [0.1, 0.15) is 19.3 Å². The van der Waals surface area contributed by atoms with Gasteiger partial charge in [0, 0.05) is 6.42 Å². The van der Waals surface area contributed by atoms with Gasteiger partial charge in [-0.05, 0) is 12.8 Å². The third-order valence-electron chi connectivity index (χ3n) is 2.83. The molecule has 0 atom stereocenters. The quantitative estimate of drug-likeness (QED) is 0.271. The summed E-state index contributed by atoms with van der Waals surface area (Å²) in [5.41, 5.74) is 5.34. The Morgan fingerprint density at radius 1 is 1.50 bits per heavy atom. The van der Waals surface area contributed by atoms with Gasteiger partial charge in [-0.1, -0.05) is 0 Å². The molecule has 0 saturated carbocycles. The maximum atomic E-state index is 12.7. The van der Waals surface area contributed by atoms with Crippen LogP contribution in [0.25, 0.3) is 0 Å². The minimum atomic E-state index is -4.24. The molecule has 1 heterocycles. The van der Waals surface area contributed by atoms with Crippen molar-refractivity contribution in [2.24, 2.45) is 10.7 Å². The van der Waals surface area contributed by atoms with Crippen LogP contribution in [-0.2, 0) is 11.3 Å². The van der Waals surface area contributed by atoms with E-state index in [0.717, 1.165) is 0 Å². The summed E-state index contributed by atoms with van der Waals surface area (Å²) in [5, 5.41) is 17.6. The number of hydrogen-bond acceptors (Lipinski definition) is 5. The molecule has 24 heavy (non-hydrogen) atoms. The largest absolute Gasteiger partial charge is 0.484 e. The Labute approximate surface area is 135 Å². The first-order valence-corrected chi connectivity index (χ1v) is 6.99. The van der Waals surface area contributed by atoms with Crippen molar-refractivity contribution in [3.63, 3.8) is 0 Å². The fourth-order valence-corrected chi connectivity index (χ4v) is 1.53. The van der Waals surface area contributed by atoms with Gasteiger partial charge >= 0.3 is 12.3 Å². The number of guanidine groups is 1. The zero-order valence-corrected chi connectivity index (χ0v) is 13.0. The van der Waals surface area contributed by atoms with E-state index in [1.807, 2.05) is 0 Å². The monoisotopic (exact) mass is 353 g/mol. The van der Waals surface area contributed by atoms with Crippen molar-refractivity contribution in [3.05, 3.63) is 6.20 Å². The molecular weight excluding hydrogens is 334 g/mol. The third kappa shape index (κ3) is 6.79. The highest BCUT2D eigenvalue weighted by atomic mass is 19.3. The van der Waals surface area contributed by atoms with Crippen molar-refractivity contribution in [1.82, 2.24) is 15.0 Å². The van der Waals surface area contributed by atoms with E-state index in [-0.39, 0.29) is 11.7 Å². The fourth-order valence-electron chi connectivity index (χ4n) is 1.53. The number of nitrogens with zero attached hydrogens (tertiary/aromatic N) is 4. The lowest BCUT2D eigenvalue weighted by molar-refractivity contribution is -0.119. The topological polar surface area (TPSA) is 114 Å². The third-order valence-corrected chi connectivity index (χ3v) is 2.83. The highest BCUT2D eigenvalue weighted by molar-refractivity contribution is 5.91. The van der Waals surface area contributed by atoms with Crippen molar-refractivity contribution in [2.45, 2.75) is 38.2 Å². The first-order valence-electron chi connectivity index (χ1n) is 6.99. The van der Waals surface area contributed by atoms with E-state index in [2.05, 4.69) is 20.5 Å². The fraction of sp³-hybridized carbons (Fsp3) is 0.667.